The van der Waals surface area contributed by atoms with Crippen molar-refractivity contribution in [1.29, 1.82) is 0 Å². The molecule has 0 radical (unpaired) electrons. The van der Waals surface area contributed by atoms with Crippen LogP contribution in [0.2, 0.25) is 0 Å². The van der Waals surface area contributed by atoms with Gasteiger partial charge in [-0.1, -0.05) is 54.5 Å². The van der Waals surface area contributed by atoms with E-state index >= 15 is 0 Å². The summed E-state index contributed by atoms with van der Waals surface area (Å²) in [6, 6.07) is 13.9. The van der Waals surface area contributed by atoms with Gasteiger partial charge in [0, 0.05) is 5.56 Å². The molecule has 3 aromatic rings. The van der Waals surface area contributed by atoms with E-state index in [9.17, 15) is 13.2 Å². The van der Waals surface area contributed by atoms with Gasteiger partial charge in [-0.15, -0.1) is 0 Å². The second-order valence-corrected chi connectivity index (χ2v) is 9.23. The van der Waals surface area contributed by atoms with Crippen LogP contribution in [0, 0.1) is 13.8 Å². The number of rotatable bonds is 8. The van der Waals surface area contributed by atoms with Gasteiger partial charge in [-0.3, -0.25) is 9.10 Å². The zero-order valence-corrected chi connectivity index (χ0v) is 18.8. The highest BCUT2D eigenvalue weighted by molar-refractivity contribution is 7.92. The summed E-state index contributed by atoms with van der Waals surface area (Å²) in [6.45, 7) is 5.47. The van der Waals surface area contributed by atoms with E-state index < -0.39 is 22.0 Å². The summed E-state index contributed by atoms with van der Waals surface area (Å²) in [5, 5.41) is 6.66. The molecule has 2 aromatic carbocycles. The number of nitrogens with one attached hydrogen (secondary N) is 1. The highest BCUT2D eigenvalue weighted by atomic mass is 32.2. The minimum atomic E-state index is -3.71. The van der Waals surface area contributed by atoms with E-state index in [2.05, 4.69) is 15.5 Å². The fourth-order valence-corrected chi connectivity index (χ4v) is 4.56. The standard InChI is InChI=1S/C22H26N4O4S/c1-5-18(26(31(4,28)29)19-13-15(2)11-12-16(19)3)22(27)23-14-20-24-21(25-30-20)17-9-7-6-8-10-17/h6-13,18H,5,14H2,1-4H3,(H,23,27)/t18-/m1/s1. The summed E-state index contributed by atoms with van der Waals surface area (Å²) < 4.78 is 31.7. The summed E-state index contributed by atoms with van der Waals surface area (Å²) >= 11 is 0. The summed E-state index contributed by atoms with van der Waals surface area (Å²) in [5.41, 5.74) is 2.97. The van der Waals surface area contributed by atoms with E-state index in [0.717, 1.165) is 22.9 Å². The van der Waals surface area contributed by atoms with Crippen molar-refractivity contribution in [3.05, 3.63) is 65.5 Å². The van der Waals surface area contributed by atoms with Crippen LogP contribution in [-0.4, -0.2) is 36.8 Å². The van der Waals surface area contributed by atoms with Gasteiger partial charge in [-0.2, -0.15) is 4.98 Å². The lowest BCUT2D eigenvalue weighted by molar-refractivity contribution is -0.122. The first-order chi connectivity index (χ1) is 14.7. The van der Waals surface area contributed by atoms with Gasteiger partial charge in [0.2, 0.25) is 27.6 Å². The molecule has 8 nitrogen and oxygen atoms in total. The molecule has 9 heteroatoms. The van der Waals surface area contributed by atoms with E-state index in [4.69, 9.17) is 4.52 Å². The molecule has 0 unspecified atom stereocenters. The van der Waals surface area contributed by atoms with Gasteiger partial charge in [0.05, 0.1) is 18.5 Å². The molecular formula is C22H26N4O4S. The summed E-state index contributed by atoms with van der Waals surface area (Å²) in [5.74, 6) is 0.220. The lowest BCUT2D eigenvalue weighted by Crippen LogP contribution is -2.49. The van der Waals surface area contributed by atoms with Gasteiger partial charge in [-0.05, 0) is 37.5 Å². The van der Waals surface area contributed by atoms with Crippen LogP contribution in [0.15, 0.2) is 53.1 Å². The smallest absolute Gasteiger partial charge is 0.246 e. The van der Waals surface area contributed by atoms with Crippen LogP contribution < -0.4 is 9.62 Å². The number of hydrogen-bond acceptors (Lipinski definition) is 6. The zero-order chi connectivity index (χ0) is 22.6. The minimum Gasteiger partial charge on any atom is -0.345 e. The van der Waals surface area contributed by atoms with Crippen LogP contribution >= 0.6 is 0 Å². The first kappa shape index (κ1) is 22.5. The van der Waals surface area contributed by atoms with E-state index in [1.807, 2.05) is 56.3 Å². The number of anilines is 1. The maximum Gasteiger partial charge on any atom is 0.246 e. The van der Waals surface area contributed by atoms with Gasteiger partial charge >= 0.3 is 0 Å². The molecule has 0 fully saturated rings. The van der Waals surface area contributed by atoms with Crippen LogP contribution in [0.1, 0.15) is 30.4 Å². The van der Waals surface area contributed by atoms with Crippen molar-refractivity contribution in [3.63, 3.8) is 0 Å². The predicted molar refractivity (Wildman–Crippen MR) is 119 cm³/mol. The predicted octanol–water partition coefficient (Wildman–Crippen LogP) is 3.21. The van der Waals surface area contributed by atoms with Crippen LogP contribution in [0.5, 0.6) is 0 Å². The third-order valence-electron chi connectivity index (χ3n) is 4.85. The van der Waals surface area contributed by atoms with E-state index in [1.54, 1.807) is 13.0 Å². The Labute approximate surface area is 182 Å². The molecule has 0 aliphatic heterocycles. The Bertz CT molecular complexity index is 1160. The van der Waals surface area contributed by atoms with E-state index in [-0.39, 0.29) is 12.4 Å². The largest absolute Gasteiger partial charge is 0.345 e. The molecule has 1 heterocycles. The van der Waals surface area contributed by atoms with E-state index in [0.29, 0.717) is 17.9 Å². The molecule has 1 aromatic heterocycles. The van der Waals surface area contributed by atoms with Crippen molar-refractivity contribution in [3.8, 4) is 11.4 Å². The number of nitrogens with zero attached hydrogens (tertiary/aromatic N) is 3. The zero-order valence-electron chi connectivity index (χ0n) is 18.0. The number of sulfonamides is 1. The van der Waals surface area contributed by atoms with E-state index in [1.165, 1.54) is 4.31 Å². The van der Waals surface area contributed by atoms with Crippen molar-refractivity contribution < 1.29 is 17.7 Å². The SMILES string of the molecule is CC[C@H](C(=O)NCc1nc(-c2ccccc2)no1)N(c1cc(C)ccc1C)S(C)(=O)=O. The molecule has 1 atom stereocenters. The number of carbonyl (C=O) groups is 1. The van der Waals surface area contributed by atoms with Gasteiger partial charge < -0.3 is 9.84 Å². The Morgan fingerprint density at radius 1 is 1.16 bits per heavy atom. The van der Waals surface area contributed by atoms with Crippen molar-refractivity contribution in [1.82, 2.24) is 15.5 Å². The second-order valence-electron chi connectivity index (χ2n) is 7.37. The van der Waals surface area contributed by atoms with Crippen molar-refractivity contribution in [2.24, 2.45) is 0 Å². The molecule has 0 aliphatic rings. The van der Waals surface area contributed by atoms with Crippen molar-refractivity contribution in [2.75, 3.05) is 10.6 Å². The van der Waals surface area contributed by atoms with Crippen molar-refractivity contribution >= 4 is 21.6 Å². The number of aromatic nitrogens is 2. The molecule has 1 amide bonds. The minimum absolute atomic E-state index is 0.000428. The first-order valence-corrected chi connectivity index (χ1v) is 11.8. The average Bonchev–Trinajstić information content (AvgIpc) is 3.21. The van der Waals surface area contributed by atoms with Crippen LogP contribution in [0.4, 0.5) is 5.69 Å². The summed E-state index contributed by atoms with van der Waals surface area (Å²) in [6.07, 6.45) is 1.40. The van der Waals surface area contributed by atoms with Gasteiger partial charge in [0.1, 0.15) is 6.04 Å². The van der Waals surface area contributed by atoms with Gasteiger partial charge in [-0.25, -0.2) is 8.42 Å². The van der Waals surface area contributed by atoms with Gasteiger partial charge in [0.25, 0.3) is 0 Å². The highest BCUT2D eigenvalue weighted by Gasteiger charge is 2.32. The Hall–Kier alpha value is -3.20. The maximum absolute atomic E-state index is 13.0. The van der Waals surface area contributed by atoms with Gasteiger partial charge in [0.15, 0.2) is 0 Å². The number of amides is 1. The molecule has 164 valence electrons. The third kappa shape index (κ3) is 5.29. The first-order valence-electron chi connectivity index (χ1n) is 9.93. The molecule has 0 saturated carbocycles. The van der Waals surface area contributed by atoms with Crippen LogP contribution in [0.25, 0.3) is 11.4 Å². The number of aryl methyl sites for hydroxylation is 2. The third-order valence-corrected chi connectivity index (χ3v) is 6.01. The Morgan fingerprint density at radius 3 is 2.52 bits per heavy atom. The monoisotopic (exact) mass is 442 g/mol. The highest BCUT2D eigenvalue weighted by Crippen LogP contribution is 2.27. The second kappa shape index (κ2) is 9.30. The lowest BCUT2D eigenvalue weighted by Gasteiger charge is -2.31. The molecule has 1 N–H and O–H groups in total. The van der Waals surface area contributed by atoms with Crippen molar-refractivity contribution in [2.45, 2.75) is 39.8 Å². The average molecular weight is 443 g/mol. The quantitative estimate of drug-likeness (QED) is 0.574. The lowest BCUT2D eigenvalue weighted by atomic mass is 10.1. The van der Waals surface area contributed by atoms with Crippen LogP contribution in [0.3, 0.4) is 0 Å². The Kier molecular flexibility index (Phi) is 6.74. The Balaban J connectivity index is 1.80. The molecule has 31 heavy (non-hydrogen) atoms. The maximum atomic E-state index is 13.0. The molecule has 0 aliphatic carbocycles. The topological polar surface area (TPSA) is 105 Å². The molecular weight excluding hydrogens is 416 g/mol. The summed E-state index contributed by atoms with van der Waals surface area (Å²) in [4.78, 5) is 17.3. The fourth-order valence-electron chi connectivity index (χ4n) is 3.30. The number of carbonyl (C=O) groups excluding carboxylic acids is 1. The number of hydrogen-bond donors (Lipinski definition) is 1. The number of benzene rings is 2. The fraction of sp³-hybridized carbons (Fsp3) is 0.318. The Morgan fingerprint density at radius 2 is 1.87 bits per heavy atom. The van der Waals surface area contributed by atoms with Crippen LogP contribution in [-0.2, 0) is 21.4 Å². The molecule has 0 bridgehead atoms. The molecule has 0 spiro atoms. The molecule has 3 rings (SSSR count). The summed E-state index contributed by atoms with van der Waals surface area (Å²) in [7, 11) is -3.71. The molecule has 0 saturated heterocycles. The normalized spacial score (nSPS) is 12.4.